The predicted molar refractivity (Wildman–Crippen MR) is 76.7 cm³/mol. The molecule has 0 aromatic rings. The van der Waals surface area contributed by atoms with Crippen LogP contribution in [0.2, 0.25) is 0 Å². The van der Waals surface area contributed by atoms with Gasteiger partial charge in [-0.1, -0.05) is 45.1 Å². The second kappa shape index (κ2) is 9.03. The Morgan fingerprint density at radius 2 is 2.00 bits per heavy atom. The number of nitrogens with zero attached hydrogens (tertiary/aromatic N) is 1. The van der Waals surface area contributed by atoms with E-state index in [1.54, 1.807) is 6.92 Å². The minimum absolute atomic E-state index is 0.116. The van der Waals surface area contributed by atoms with Gasteiger partial charge < -0.3 is 15.3 Å². The predicted octanol–water partition coefficient (Wildman–Crippen LogP) is 3.33. The van der Waals surface area contributed by atoms with Gasteiger partial charge in [0.15, 0.2) is 0 Å². The van der Waals surface area contributed by atoms with Crippen LogP contribution in [0.5, 0.6) is 0 Å². The molecule has 104 valence electrons. The normalized spacial score (nSPS) is 20.6. The Balaban J connectivity index is 2.06. The molecule has 0 bridgehead atoms. The van der Waals surface area contributed by atoms with Gasteiger partial charge in [0.2, 0.25) is 0 Å². The van der Waals surface area contributed by atoms with Crippen molar-refractivity contribution in [3.63, 3.8) is 0 Å². The van der Waals surface area contributed by atoms with E-state index in [1.807, 2.05) is 17.3 Å². The quantitative estimate of drug-likeness (QED) is 0.488. The molecule has 1 rings (SSSR count). The molecular weight excluding hydrogens is 224 g/mol. The van der Waals surface area contributed by atoms with Crippen LogP contribution < -0.4 is 5.32 Å². The maximum atomic E-state index is 9.55. The first kappa shape index (κ1) is 15.1. The van der Waals surface area contributed by atoms with Gasteiger partial charge in [-0.3, -0.25) is 0 Å². The highest BCUT2D eigenvalue weighted by Crippen LogP contribution is 2.11. The van der Waals surface area contributed by atoms with Crippen LogP contribution >= 0.6 is 0 Å². The summed E-state index contributed by atoms with van der Waals surface area (Å²) in [6.07, 6.45) is 17.0. The summed E-state index contributed by atoms with van der Waals surface area (Å²) in [6.45, 7) is 4.03. The number of nitrogens with one attached hydrogen (secondary N) is 1. The molecule has 0 saturated carbocycles. The SMILES string of the molecule is CCCCCCCC/C=C/C1NC=CN1C(C)O. The first-order valence-electron chi connectivity index (χ1n) is 7.30. The molecule has 0 saturated heterocycles. The van der Waals surface area contributed by atoms with Crippen molar-refractivity contribution >= 4 is 0 Å². The van der Waals surface area contributed by atoms with Crippen molar-refractivity contribution in [2.75, 3.05) is 0 Å². The molecule has 0 aromatic carbocycles. The lowest BCUT2D eigenvalue weighted by Crippen LogP contribution is -2.39. The summed E-state index contributed by atoms with van der Waals surface area (Å²) in [6, 6.07) is 0. The summed E-state index contributed by atoms with van der Waals surface area (Å²) < 4.78 is 0. The molecule has 2 N–H and O–H groups in total. The zero-order chi connectivity index (χ0) is 13.2. The minimum Gasteiger partial charge on any atom is -0.374 e. The molecule has 2 atom stereocenters. The van der Waals surface area contributed by atoms with Gasteiger partial charge in [0, 0.05) is 12.4 Å². The molecule has 0 radical (unpaired) electrons. The number of rotatable bonds is 9. The van der Waals surface area contributed by atoms with E-state index < -0.39 is 6.23 Å². The average molecular weight is 252 g/mol. The number of aliphatic hydroxyl groups excluding tert-OH is 1. The van der Waals surface area contributed by atoms with E-state index in [-0.39, 0.29) is 6.17 Å². The zero-order valence-electron chi connectivity index (χ0n) is 11.8. The molecule has 1 heterocycles. The summed E-state index contributed by atoms with van der Waals surface area (Å²) in [5, 5.41) is 12.8. The second-order valence-corrected chi connectivity index (χ2v) is 4.99. The fourth-order valence-electron chi connectivity index (χ4n) is 2.19. The first-order chi connectivity index (χ1) is 8.75. The Labute approximate surface area is 112 Å². The molecule has 0 fully saturated rings. The van der Waals surface area contributed by atoms with E-state index in [2.05, 4.69) is 24.4 Å². The molecule has 0 aromatic heterocycles. The number of allylic oxidation sites excluding steroid dienone is 1. The van der Waals surface area contributed by atoms with Crippen LogP contribution in [-0.2, 0) is 0 Å². The lowest BCUT2D eigenvalue weighted by Gasteiger charge is -2.25. The molecule has 18 heavy (non-hydrogen) atoms. The first-order valence-corrected chi connectivity index (χ1v) is 7.30. The third kappa shape index (κ3) is 5.58. The number of hydrogen-bond donors (Lipinski definition) is 2. The van der Waals surface area contributed by atoms with Crippen molar-refractivity contribution in [3.05, 3.63) is 24.6 Å². The van der Waals surface area contributed by atoms with Crippen molar-refractivity contribution in [3.8, 4) is 0 Å². The summed E-state index contributed by atoms with van der Waals surface area (Å²) in [5.41, 5.74) is 0. The van der Waals surface area contributed by atoms with Crippen molar-refractivity contribution in [2.45, 2.75) is 71.2 Å². The number of aliphatic hydroxyl groups is 1. The van der Waals surface area contributed by atoms with Gasteiger partial charge in [-0.05, 0) is 25.8 Å². The van der Waals surface area contributed by atoms with E-state index in [4.69, 9.17) is 0 Å². The van der Waals surface area contributed by atoms with E-state index in [0.717, 1.165) is 6.42 Å². The van der Waals surface area contributed by atoms with Gasteiger partial charge in [-0.2, -0.15) is 0 Å². The second-order valence-electron chi connectivity index (χ2n) is 4.99. The highest BCUT2D eigenvalue weighted by molar-refractivity contribution is 5.04. The zero-order valence-corrected chi connectivity index (χ0v) is 11.8. The monoisotopic (exact) mass is 252 g/mol. The third-order valence-electron chi connectivity index (χ3n) is 3.31. The summed E-state index contributed by atoms with van der Waals surface area (Å²) in [4.78, 5) is 1.90. The Kier molecular flexibility index (Phi) is 7.58. The molecule has 0 aliphatic carbocycles. The van der Waals surface area contributed by atoms with Crippen LogP contribution in [0.15, 0.2) is 24.6 Å². The van der Waals surface area contributed by atoms with Gasteiger partial charge >= 0.3 is 0 Å². The van der Waals surface area contributed by atoms with Gasteiger partial charge in [0.25, 0.3) is 0 Å². The third-order valence-corrected chi connectivity index (χ3v) is 3.31. The lowest BCUT2D eigenvalue weighted by atomic mass is 10.1. The van der Waals surface area contributed by atoms with Gasteiger partial charge in [-0.15, -0.1) is 0 Å². The Morgan fingerprint density at radius 3 is 2.72 bits per heavy atom. The van der Waals surface area contributed by atoms with Crippen LogP contribution in [0.3, 0.4) is 0 Å². The van der Waals surface area contributed by atoms with E-state index in [1.165, 1.54) is 38.5 Å². The molecule has 1 aliphatic rings. The van der Waals surface area contributed by atoms with Crippen molar-refractivity contribution in [2.24, 2.45) is 0 Å². The van der Waals surface area contributed by atoms with E-state index in [0.29, 0.717) is 0 Å². The number of unbranched alkanes of at least 4 members (excludes halogenated alkanes) is 6. The fraction of sp³-hybridized carbons (Fsp3) is 0.733. The van der Waals surface area contributed by atoms with Crippen molar-refractivity contribution in [1.82, 2.24) is 10.2 Å². The fourth-order valence-corrected chi connectivity index (χ4v) is 2.19. The van der Waals surface area contributed by atoms with E-state index >= 15 is 0 Å². The highest BCUT2D eigenvalue weighted by atomic mass is 16.3. The standard InChI is InChI=1S/C15H28N2O/c1-3-4-5-6-7-8-9-10-11-15-16-12-13-17(15)14(2)18/h10-16,18H,3-9H2,1-2H3/b11-10+. The van der Waals surface area contributed by atoms with Crippen LogP contribution in [0.1, 0.15) is 58.8 Å². The van der Waals surface area contributed by atoms with Crippen LogP contribution in [0, 0.1) is 0 Å². The molecule has 0 amide bonds. The van der Waals surface area contributed by atoms with E-state index in [9.17, 15) is 5.11 Å². The lowest BCUT2D eigenvalue weighted by molar-refractivity contribution is 0.0408. The minimum atomic E-state index is -0.444. The molecule has 1 aliphatic heterocycles. The average Bonchev–Trinajstić information content (AvgIpc) is 2.81. The topological polar surface area (TPSA) is 35.5 Å². The molecule has 2 unspecified atom stereocenters. The highest BCUT2D eigenvalue weighted by Gasteiger charge is 2.18. The van der Waals surface area contributed by atoms with Gasteiger partial charge in [-0.25, -0.2) is 0 Å². The number of hydrogen-bond acceptors (Lipinski definition) is 3. The van der Waals surface area contributed by atoms with Gasteiger partial charge in [0.1, 0.15) is 12.4 Å². The summed E-state index contributed by atoms with van der Waals surface area (Å²) in [7, 11) is 0. The van der Waals surface area contributed by atoms with Crippen LogP contribution in [0.25, 0.3) is 0 Å². The maximum absolute atomic E-state index is 9.55. The smallest absolute Gasteiger partial charge is 0.125 e. The Hall–Kier alpha value is -0.960. The molecule has 3 heteroatoms. The molecule has 3 nitrogen and oxygen atoms in total. The van der Waals surface area contributed by atoms with Gasteiger partial charge in [0.05, 0.1) is 0 Å². The maximum Gasteiger partial charge on any atom is 0.125 e. The Bertz CT molecular complexity index is 261. The summed E-state index contributed by atoms with van der Waals surface area (Å²) in [5.74, 6) is 0. The summed E-state index contributed by atoms with van der Waals surface area (Å²) >= 11 is 0. The van der Waals surface area contributed by atoms with Crippen LogP contribution in [-0.4, -0.2) is 22.4 Å². The van der Waals surface area contributed by atoms with Crippen molar-refractivity contribution < 1.29 is 5.11 Å². The largest absolute Gasteiger partial charge is 0.374 e. The Morgan fingerprint density at radius 1 is 1.28 bits per heavy atom. The van der Waals surface area contributed by atoms with Crippen LogP contribution in [0.4, 0.5) is 0 Å². The van der Waals surface area contributed by atoms with Crippen molar-refractivity contribution in [1.29, 1.82) is 0 Å². The molecular formula is C15H28N2O. The molecule has 0 spiro atoms.